The maximum absolute atomic E-state index is 9.29. The predicted octanol–water partition coefficient (Wildman–Crippen LogP) is 3.74. The highest BCUT2D eigenvalue weighted by atomic mass is 35.5. The lowest BCUT2D eigenvalue weighted by atomic mass is 9.83. The van der Waals surface area contributed by atoms with Gasteiger partial charge >= 0.3 is 0 Å². The molecule has 0 radical (unpaired) electrons. The first kappa shape index (κ1) is 14.3. The average Bonchev–Trinajstić information content (AvgIpc) is 2.25. The highest BCUT2D eigenvalue weighted by molar-refractivity contribution is 6.30. The number of hydrogen-bond donors (Lipinski definition) is 1. The molecule has 17 heavy (non-hydrogen) atoms. The molecule has 0 aliphatic rings. The molecule has 1 unspecified atom stereocenters. The Morgan fingerprint density at radius 2 is 1.94 bits per heavy atom. The molecule has 1 aromatic rings. The number of halogens is 1. The van der Waals surface area contributed by atoms with Crippen LogP contribution in [0.4, 0.5) is 0 Å². The number of aliphatic hydroxyl groups is 1. The van der Waals surface area contributed by atoms with Crippen LogP contribution < -0.4 is 4.74 Å². The number of methoxy groups -OCH3 is 1. The molecule has 0 bridgehead atoms. The number of rotatable bonds is 3. The Bertz CT molecular complexity index is 394. The van der Waals surface area contributed by atoms with Crippen LogP contribution in [0.1, 0.15) is 44.7 Å². The standard InChI is InChI=1S/C14H21ClO2/c1-9(8-16)11-6-10(15)7-12(13(11)17-5)14(2,3)4/h6-7,9,16H,8H2,1-5H3. The van der Waals surface area contributed by atoms with Gasteiger partial charge in [0.1, 0.15) is 5.75 Å². The van der Waals surface area contributed by atoms with Crippen LogP contribution in [0.5, 0.6) is 5.75 Å². The van der Waals surface area contributed by atoms with Gasteiger partial charge in [0.15, 0.2) is 0 Å². The van der Waals surface area contributed by atoms with Crippen molar-refractivity contribution in [1.29, 1.82) is 0 Å². The lowest BCUT2D eigenvalue weighted by Crippen LogP contribution is -2.15. The van der Waals surface area contributed by atoms with Crippen molar-refractivity contribution in [3.8, 4) is 5.75 Å². The fourth-order valence-corrected chi connectivity index (χ4v) is 2.09. The molecule has 0 heterocycles. The quantitative estimate of drug-likeness (QED) is 0.893. The van der Waals surface area contributed by atoms with Gasteiger partial charge in [-0.05, 0) is 17.5 Å². The van der Waals surface area contributed by atoms with E-state index in [0.717, 1.165) is 16.9 Å². The Balaban J connectivity index is 3.46. The summed E-state index contributed by atoms with van der Waals surface area (Å²) in [5.74, 6) is 0.855. The van der Waals surface area contributed by atoms with E-state index < -0.39 is 0 Å². The SMILES string of the molecule is COc1c(C(C)CO)cc(Cl)cc1C(C)(C)C. The minimum absolute atomic E-state index is 0.0183. The highest BCUT2D eigenvalue weighted by Gasteiger charge is 2.23. The van der Waals surface area contributed by atoms with Crippen LogP contribution in [0.25, 0.3) is 0 Å². The lowest BCUT2D eigenvalue weighted by molar-refractivity contribution is 0.269. The van der Waals surface area contributed by atoms with Crippen molar-refractivity contribution in [2.75, 3.05) is 13.7 Å². The molecule has 0 fully saturated rings. The number of ether oxygens (including phenoxy) is 1. The summed E-state index contributed by atoms with van der Waals surface area (Å²) in [6, 6.07) is 3.81. The normalized spacial score (nSPS) is 13.6. The van der Waals surface area contributed by atoms with Gasteiger partial charge in [-0.2, -0.15) is 0 Å². The summed E-state index contributed by atoms with van der Waals surface area (Å²) in [5, 5.41) is 9.98. The summed E-state index contributed by atoms with van der Waals surface area (Å²) >= 11 is 6.15. The van der Waals surface area contributed by atoms with Crippen LogP contribution in [0, 0.1) is 0 Å². The van der Waals surface area contributed by atoms with Crippen molar-refractivity contribution in [2.24, 2.45) is 0 Å². The van der Waals surface area contributed by atoms with Crippen molar-refractivity contribution in [3.05, 3.63) is 28.3 Å². The number of aliphatic hydroxyl groups excluding tert-OH is 1. The van der Waals surface area contributed by atoms with Crippen LogP contribution in [-0.4, -0.2) is 18.8 Å². The zero-order chi connectivity index (χ0) is 13.2. The van der Waals surface area contributed by atoms with E-state index in [9.17, 15) is 5.11 Å². The van der Waals surface area contributed by atoms with Crippen molar-refractivity contribution < 1.29 is 9.84 Å². The fourth-order valence-electron chi connectivity index (χ4n) is 1.86. The molecule has 0 aromatic heterocycles. The molecule has 96 valence electrons. The average molecular weight is 257 g/mol. The van der Waals surface area contributed by atoms with E-state index >= 15 is 0 Å². The van der Waals surface area contributed by atoms with Gasteiger partial charge in [-0.3, -0.25) is 0 Å². The third-order valence-corrected chi connectivity index (χ3v) is 3.12. The van der Waals surface area contributed by atoms with Gasteiger partial charge in [0.25, 0.3) is 0 Å². The minimum Gasteiger partial charge on any atom is -0.496 e. The van der Waals surface area contributed by atoms with Crippen LogP contribution >= 0.6 is 11.6 Å². The van der Waals surface area contributed by atoms with Crippen LogP contribution in [0.15, 0.2) is 12.1 Å². The zero-order valence-corrected chi connectivity index (χ0v) is 11.9. The molecule has 0 aliphatic heterocycles. The molecule has 0 amide bonds. The second-order valence-electron chi connectivity index (χ2n) is 5.41. The van der Waals surface area contributed by atoms with Gasteiger partial charge in [-0.15, -0.1) is 0 Å². The van der Waals surface area contributed by atoms with E-state index in [-0.39, 0.29) is 17.9 Å². The molecule has 1 atom stereocenters. The fraction of sp³-hybridized carbons (Fsp3) is 0.571. The van der Waals surface area contributed by atoms with Crippen molar-refractivity contribution in [1.82, 2.24) is 0 Å². The largest absolute Gasteiger partial charge is 0.496 e. The second-order valence-corrected chi connectivity index (χ2v) is 5.85. The molecule has 0 spiro atoms. The van der Waals surface area contributed by atoms with E-state index in [1.807, 2.05) is 19.1 Å². The topological polar surface area (TPSA) is 29.5 Å². The molecule has 0 saturated heterocycles. The van der Waals surface area contributed by atoms with E-state index in [0.29, 0.717) is 5.02 Å². The van der Waals surface area contributed by atoms with Crippen LogP contribution in [0.2, 0.25) is 5.02 Å². The van der Waals surface area contributed by atoms with Gasteiger partial charge < -0.3 is 9.84 Å². The van der Waals surface area contributed by atoms with Gasteiger partial charge in [0.05, 0.1) is 7.11 Å². The molecule has 1 rings (SSSR count). The van der Waals surface area contributed by atoms with E-state index in [1.165, 1.54) is 0 Å². The molecular formula is C14H21ClO2. The summed E-state index contributed by atoms with van der Waals surface area (Å²) in [5.41, 5.74) is 2.00. The van der Waals surface area contributed by atoms with Gasteiger partial charge in [-0.1, -0.05) is 39.3 Å². The predicted molar refractivity (Wildman–Crippen MR) is 72.2 cm³/mol. The van der Waals surface area contributed by atoms with Crippen molar-refractivity contribution in [2.45, 2.75) is 39.0 Å². The first-order valence-corrected chi connectivity index (χ1v) is 6.17. The Morgan fingerprint density at radius 1 is 1.35 bits per heavy atom. The monoisotopic (exact) mass is 256 g/mol. The molecular weight excluding hydrogens is 236 g/mol. The van der Waals surface area contributed by atoms with E-state index in [1.54, 1.807) is 7.11 Å². The summed E-state index contributed by atoms with van der Waals surface area (Å²) in [4.78, 5) is 0. The zero-order valence-electron chi connectivity index (χ0n) is 11.2. The third-order valence-electron chi connectivity index (χ3n) is 2.90. The van der Waals surface area contributed by atoms with Crippen molar-refractivity contribution in [3.63, 3.8) is 0 Å². The molecule has 0 aliphatic carbocycles. The number of hydrogen-bond acceptors (Lipinski definition) is 2. The summed E-state index contributed by atoms with van der Waals surface area (Å²) in [6.07, 6.45) is 0. The summed E-state index contributed by atoms with van der Waals surface area (Å²) in [7, 11) is 1.66. The first-order chi connectivity index (χ1) is 7.81. The van der Waals surface area contributed by atoms with E-state index in [2.05, 4.69) is 20.8 Å². The maximum atomic E-state index is 9.29. The van der Waals surface area contributed by atoms with Crippen LogP contribution in [-0.2, 0) is 5.41 Å². The number of benzene rings is 1. The molecule has 3 heteroatoms. The molecule has 1 aromatic carbocycles. The Hall–Kier alpha value is -0.730. The highest BCUT2D eigenvalue weighted by Crippen LogP contribution is 2.39. The van der Waals surface area contributed by atoms with E-state index in [4.69, 9.17) is 16.3 Å². The first-order valence-electron chi connectivity index (χ1n) is 5.80. The maximum Gasteiger partial charge on any atom is 0.126 e. The Kier molecular flexibility index (Phi) is 4.45. The Labute approximate surface area is 109 Å². The molecule has 0 saturated carbocycles. The molecule has 1 N–H and O–H groups in total. The smallest absolute Gasteiger partial charge is 0.126 e. The van der Waals surface area contributed by atoms with Crippen molar-refractivity contribution >= 4 is 11.6 Å². The van der Waals surface area contributed by atoms with Gasteiger partial charge in [-0.25, -0.2) is 0 Å². The molecule has 2 nitrogen and oxygen atoms in total. The van der Waals surface area contributed by atoms with Gasteiger partial charge in [0.2, 0.25) is 0 Å². The summed E-state index contributed by atoms with van der Waals surface area (Å²) in [6.45, 7) is 8.40. The summed E-state index contributed by atoms with van der Waals surface area (Å²) < 4.78 is 5.51. The minimum atomic E-state index is -0.0415. The van der Waals surface area contributed by atoms with Gasteiger partial charge in [0, 0.05) is 28.7 Å². The lowest BCUT2D eigenvalue weighted by Gasteiger charge is -2.26. The second kappa shape index (κ2) is 5.28. The van der Waals surface area contributed by atoms with Crippen LogP contribution in [0.3, 0.4) is 0 Å². The Morgan fingerprint density at radius 3 is 2.35 bits per heavy atom. The third kappa shape index (κ3) is 3.14.